The standard InChI is InChI=1S/C21H25ClN2O3/c1-26-19-6-4-3-5-15(19)7-10-21(25)23-17-11-12-24(14-17)18-13-16(22)8-9-20(18)27-2/h3-6,8-9,13,17H,7,10-12,14H2,1-2H3,(H,23,25). The predicted molar refractivity (Wildman–Crippen MR) is 108 cm³/mol. The van der Waals surface area contributed by atoms with E-state index in [4.69, 9.17) is 21.1 Å². The van der Waals surface area contributed by atoms with Crippen molar-refractivity contribution in [2.75, 3.05) is 32.2 Å². The SMILES string of the molecule is COc1ccccc1CCC(=O)NC1CCN(c2cc(Cl)ccc2OC)C1. The van der Waals surface area contributed by atoms with Gasteiger partial charge in [0.05, 0.1) is 19.9 Å². The number of ether oxygens (including phenoxy) is 2. The van der Waals surface area contributed by atoms with Crippen LogP contribution in [0.5, 0.6) is 11.5 Å². The third-order valence-electron chi connectivity index (χ3n) is 4.85. The Morgan fingerprint density at radius 1 is 1.19 bits per heavy atom. The number of nitrogens with zero attached hydrogens (tertiary/aromatic N) is 1. The first-order valence-electron chi connectivity index (χ1n) is 9.10. The van der Waals surface area contributed by atoms with Gasteiger partial charge in [0.15, 0.2) is 0 Å². The molecule has 27 heavy (non-hydrogen) atoms. The third kappa shape index (κ3) is 4.86. The molecule has 1 N–H and O–H groups in total. The normalized spacial score (nSPS) is 16.3. The van der Waals surface area contributed by atoms with Crippen LogP contribution in [0, 0.1) is 0 Å². The second kappa shape index (κ2) is 9.00. The average molecular weight is 389 g/mol. The summed E-state index contributed by atoms with van der Waals surface area (Å²) in [4.78, 5) is 14.6. The molecule has 3 rings (SSSR count). The molecule has 0 bridgehead atoms. The summed E-state index contributed by atoms with van der Waals surface area (Å²) in [6.07, 6.45) is 2.00. The molecule has 0 spiro atoms. The number of nitrogens with one attached hydrogen (secondary N) is 1. The van der Waals surface area contributed by atoms with Crippen molar-refractivity contribution in [2.24, 2.45) is 0 Å². The maximum Gasteiger partial charge on any atom is 0.220 e. The van der Waals surface area contributed by atoms with Gasteiger partial charge in [-0.1, -0.05) is 29.8 Å². The molecule has 1 saturated heterocycles. The highest BCUT2D eigenvalue weighted by Gasteiger charge is 2.26. The highest BCUT2D eigenvalue weighted by Crippen LogP contribution is 2.33. The summed E-state index contributed by atoms with van der Waals surface area (Å²) in [5, 5.41) is 3.82. The maximum absolute atomic E-state index is 12.4. The highest BCUT2D eigenvalue weighted by molar-refractivity contribution is 6.30. The van der Waals surface area contributed by atoms with Crippen LogP contribution in [0.25, 0.3) is 0 Å². The molecule has 1 aliphatic heterocycles. The first-order chi connectivity index (χ1) is 13.1. The van der Waals surface area contributed by atoms with Gasteiger partial charge in [0.1, 0.15) is 11.5 Å². The van der Waals surface area contributed by atoms with Crippen molar-refractivity contribution in [3.8, 4) is 11.5 Å². The van der Waals surface area contributed by atoms with Crippen molar-refractivity contribution in [3.05, 3.63) is 53.1 Å². The molecule has 1 atom stereocenters. The molecule has 0 radical (unpaired) electrons. The van der Waals surface area contributed by atoms with Gasteiger partial charge in [0.2, 0.25) is 5.91 Å². The smallest absolute Gasteiger partial charge is 0.220 e. The molecule has 0 aromatic heterocycles. The van der Waals surface area contributed by atoms with E-state index in [0.717, 1.165) is 42.3 Å². The number of methoxy groups -OCH3 is 2. The summed E-state index contributed by atoms with van der Waals surface area (Å²) in [7, 11) is 3.30. The number of amides is 1. The Hall–Kier alpha value is -2.40. The van der Waals surface area contributed by atoms with E-state index in [1.807, 2.05) is 42.5 Å². The number of carbonyl (C=O) groups excluding carboxylic acids is 1. The zero-order valence-corrected chi connectivity index (χ0v) is 16.5. The highest BCUT2D eigenvalue weighted by atomic mass is 35.5. The van der Waals surface area contributed by atoms with Crippen molar-refractivity contribution in [2.45, 2.75) is 25.3 Å². The zero-order chi connectivity index (χ0) is 19.2. The fourth-order valence-electron chi connectivity index (χ4n) is 3.46. The maximum atomic E-state index is 12.4. The second-order valence-corrected chi connectivity index (χ2v) is 7.06. The zero-order valence-electron chi connectivity index (χ0n) is 15.7. The molecule has 1 aliphatic rings. The molecular formula is C21H25ClN2O3. The summed E-state index contributed by atoms with van der Waals surface area (Å²) < 4.78 is 10.8. The topological polar surface area (TPSA) is 50.8 Å². The molecule has 2 aromatic carbocycles. The molecule has 5 nitrogen and oxygen atoms in total. The number of hydrogen-bond donors (Lipinski definition) is 1. The number of anilines is 1. The minimum atomic E-state index is 0.0609. The van der Waals surface area contributed by atoms with Crippen LogP contribution in [-0.2, 0) is 11.2 Å². The Balaban J connectivity index is 1.54. The second-order valence-electron chi connectivity index (χ2n) is 6.63. The van der Waals surface area contributed by atoms with E-state index < -0.39 is 0 Å². The first-order valence-corrected chi connectivity index (χ1v) is 9.48. The lowest BCUT2D eigenvalue weighted by Gasteiger charge is -2.21. The fourth-order valence-corrected chi connectivity index (χ4v) is 3.63. The van der Waals surface area contributed by atoms with Crippen LogP contribution in [0.3, 0.4) is 0 Å². The van der Waals surface area contributed by atoms with Crippen LogP contribution >= 0.6 is 11.6 Å². The number of carbonyl (C=O) groups is 1. The van der Waals surface area contributed by atoms with E-state index in [1.54, 1.807) is 14.2 Å². The van der Waals surface area contributed by atoms with Crippen molar-refractivity contribution in [1.29, 1.82) is 0 Å². The molecule has 1 heterocycles. The number of benzene rings is 2. The van der Waals surface area contributed by atoms with Crippen LogP contribution in [-0.4, -0.2) is 39.3 Å². The Labute approximate surface area is 165 Å². The summed E-state index contributed by atoms with van der Waals surface area (Å²) in [6, 6.07) is 13.5. The lowest BCUT2D eigenvalue weighted by Crippen LogP contribution is -2.37. The molecule has 0 saturated carbocycles. The van der Waals surface area contributed by atoms with Crippen molar-refractivity contribution in [1.82, 2.24) is 5.32 Å². The number of rotatable bonds is 7. The van der Waals surface area contributed by atoms with Gasteiger partial charge in [-0.15, -0.1) is 0 Å². The first kappa shape index (κ1) is 19.4. The molecular weight excluding hydrogens is 364 g/mol. The molecule has 6 heteroatoms. The number of para-hydroxylation sites is 1. The summed E-state index contributed by atoms with van der Waals surface area (Å²) in [5.41, 5.74) is 2.02. The van der Waals surface area contributed by atoms with E-state index in [1.165, 1.54) is 0 Å². The molecule has 0 aliphatic carbocycles. The number of halogens is 1. The molecule has 1 fully saturated rings. The van der Waals surface area contributed by atoms with Gasteiger partial charge in [-0.05, 0) is 42.7 Å². The van der Waals surface area contributed by atoms with Crippen molar-refractivity contribution < 1.29 is 14.3 Å². The quantitative estimate of drug-likeness (QED) is 0.786. The summed E-state index contributed by atoms with van der Waals surface area (Å²) in [5.74, 6) is 1.68. The average Bonchev–Trinajstić information content (AvgIpc) is 3.14. The number of hydrogen-bond acceptors (Lipinski definition) is 4. The van der Waals surface area contributed by atoms with Gasteiger partial charge in [-0.2, -0.15) is 0 Å². The van der Waals surface area contributed by atoms with Crippen LogP contribution in [0.15, 0.2) is 42.5 Å². The lowest BCUT2D eigenvalue weighted by molar-refractivity contribution is -0.121. The van der Waals surface area contributed by atoms with Crippen LogP contribution < -0.4 is 19.7 Å². The van der Waals surface area contributed by atoms with E-state index >= 15 is 0 Å². The van der Waals surface area contributed by atoms with Crippen LogP contribution in [0.2, 0.25) is 5.02 Å². The Morgan fingerprint density at radius 3 is 2.74 bits per heavy atom. The predicted octanol–water partition coefficient (Wildman–Crippen LogP) is 3.68. The lowest BCUT2D eigenvalue weighted by atomic mass is 10.1. The van der Waals surface area contributed by atoms with E-state index in [-0.39, 0.29) is 11.9 Å². The van der Waals surface area contributed by atoms with Gasteiger partial charge < -0.3 is 19.7 Å². The Kier molecular flexibility index (Phi) is 6.45. The van der Waals surface area contributed by atoms with Gasteiger partial charge in [0.25, 0.3) is 0 Å². The van der Waals surface area contributed by atoms with Gasteiger partial charge in [-0.25, -0.2) is 0 Å². The molecule has 2 aromatic rings. The minimum Gasteiger partial charge on any atom is -0.496 e. The van der Waals surface area contributed by atoms with E-state index in [0.29, 0.717) is 17.9 Å². The summed E-state index contributed by atoms with van der Waals surface area (Å²) >= 11 is 6.13. The molecule has 1 amide bonds. The van der Waals surface area contributed by atoms with E-state index in [9.17, 15) is 4.79 Å². The van der Waals surface area contributed by atoms with Gasteiger partial charge in [0, 0.05) is 30.6 Å². The van der Waals surface area contributed by atoms with Crippen LogP contribution in [0.4, 0.5) is 5.69 Å². The monoisotopic (exact) mass is 388 g/mol. The van der Waals surface area contributed by atoms with Crippen LogP contribution in [0.1, 0.15) is 18.4 Å². The van der Waals surface area contributed by atoms with Gasteiger partial charge >= 0.3 is 0 Å². The number of aryl methyl sites for hydroxylation is 1. The largest absolute Gasteiger partial charge is 0.496 e. The fraction of sp³-hybridized carbons (Fsp3) is 0.381. The minimum absolute atomic E-state index is 0.0609. The van der Waals surface area contributed by atoms with Crippen molar-refractivity contribution in [3.63, 3.8) is 0 Å². The third-order valence-corrected chi connectivity index (χ3v) is 5.08. The van der Waals surface area contributed by atoms with Crippen molar-refractivity contribution >= 4 is 23.2 Å². The molecule has 144 valence electrons. The van der Waals surface area contributed by atoms with Gasteiger partial charge in [-0.3, -0.25) is 4.79 Å². The Morgan fingerprint density at radius 2 is 1.96 bits per heavy atom. The summed E-state index contributed by atoms with van der Waals surface area (Å²) in [6.45, 7) is 1.60. The van der Waals surface area contributed by atoms with E-state index in [2.05, 4.69) is 10.2 Å². The Bertz CT molecular complexity index is 797. The molecule has 1 unspecified atom stereocenters.